The van der Waals surface area contributed by atoms with Crippen molar-refractivity contribution in [2.45, 2.75) is 12.5 Å². The molecule has 1 atom stereocenters. The number of nitrogens with two attached hydrogens (primary N) is 1. The second kappa shape index (κ2) is 7.47. The van der Waals surface area contributed by atoms with Crippen LogP contribution in [0.3, 0.4) is 0 Å². The van der Waals surface area contributed by atoms with Gasteiger partial charge in [0.25, 0.3) is 0 Å². The molecule has 0 aromatic heterocycles. The van der Waals surface area contributed by atoms with Crippen molar-refractivity contribution in [1.29, 1.82) is 0 Å². The van der Waals surface area contributed by atoms with Gasteiger partial charge in [-0.05, 0) is 53.9 Å². The molecule has 0 fully saturated rings. The molecule has 112 valence electrons. The van der Waals surface area contributed by atoms with E-state index in [9.17, 15) is 0 Å². The number of ether oxygens (including phenoxy) is 1. The molecule has 2 aromatic carbocycles. The van der Waals surface area contributed by atoms with E-state index in [2.05, 4.69) is 21.4 Å². The van der Waals surface area contributed by atoms with Gasteiger partial charge in [0.1, 0.15) is 5.75 Å². The normalized spacial score (nSPS) is 12.2. The lowest BCUT2D eigenvalue weighted by Crippen LogP contribution is -2.30. The van der Waals surface area contributed by atoms with E-state index in [1.165, 1.54) is 0 Å². The van der Waals surface area contributed by atoms with Crippen LogP contribution in [0.5, 0.6) is 5.75 Å². The lowest BCUT2D eigenvalue weighted by atomic mass is 9.98. The molecule has 21 heavy (non-hydrogen) atoms. The van der Waals surface area contributed by atoms with Gasteiger partial charge in [0.15, 0.2) is 0 Å². The molecule has 0 saturated heterocycles. The van der Waals surface area contributed by atoms with Crippen LogP contribution < -0.4 is 16.0 Å². The molecule has 3 N–H and O–H groups in total. The molecule has 0 aliphatic heterocycles. The molecule has 0 saturated carbocycles. The van der Waals surface area contributed by atoms with Gasteiger partial charge in [-0.2, -0.15) is 0 Å². The summed E-state index contributed by atoms with van der Waals surface area (Å²) in [4.78, 5) is 0. The second-order valence-electron chi connectivity index (χ2n) is 4.55. The highest BCUT2D eigenvalue weighted by Gasteiger charge is 2.17. The second-order valence-corrected chi connectivity index (χ2v) is 6.30. The number of hydrogen-bond acceptors (Lipinski definition) is 3. The van der Waals surface area contributed by atoms with Crippen LogP contribution in [-0.2, 0) is 6.42 Å². The summed E-state index contributed by atoms with van der Waals surface area (Å²) in [5, 5.41) is 1.24. The zero-order valence-electron chi connectivity index (χ0n) is 11.4. The van der Waals surface area contributed by atoms with Gasteiger partial charge < -0.3 is 4.74 Å². The van der Waals surface area contributed by atoms with Gasteiger partial charge in [-0.15, -0.1) is 0 Å². The maximum atomic E-state index is 6.25. The average molecular weight is 390 g/mol. The number of methoxy groups -OCH3 is 1. The van der Waals surface area contributed by atoms with E-state index >= 15 is 0 Å². The SMILES string of the molecule is COc1ccc(Br)cc1CC(NN)c1cc(Cl)ccc1Cl. The van der Waals surface area contributed by atoms with E-state index in [1.54, 1.807) is 19.2 Å². The number of hydrogen-bond donors (Lipinski definition) is 2. The van der Waals surface area contributed by atoms with Crippen LogP contribution in [0.4, 0.5) is 0 Å². The van der Waals surface area contributed by atoms with Crippen LogP contribution in [0.1, 0.15) is 17.2 Å². The molecule has 0 bridgehead atoms. The van der Waals surface area contributed by atoms with Crippen LogP contribution in [0.25, 0.3) is 0 Å². The summed E-state index contributed by atoms with van der Waals surface area (Å²) in [6.45, 7) is 0. The molecule has 2 rings (SSSR count). The van der Waals surface area contributed by atoms with Crippen LogP contribution in [0, 0.1) is 0 Å². The van der Waals surface area contributed by atoms with E-state index in [4.69, 9.17) is 33.8 Å². The minimum Gasteiger partial charge on any atom is -0.496 e. The molecule has 0 radical (unpaired) electrons. The largest absolute Gasteiger partial charge is 0.496 e. The quantitative estimate of drug-likeness (QED) is 0.584. The Kier molecular flexibility index (Phi) is 5.90. The van der Waals surface area contributed by atoms with Gasteiger partial charge >= 0.3 is 0 Å². The first-order chi connectivity index (χ1) is 10.0. The van der Waals surface area contributed by atoms with Crippen LogP contribution in [-0.4, -0.2) is 7.11 Å². The van der Waals surface area contributed by atoms with Crippen molar-refractivity contribution < 1.29 is 4.74 Å². The maximum absolute atomic E-state index is 6.25. The third-order valence-electron chi connectivity index (χ3n) is 3.20. The first-order valence-corrected chi connectivity index (χ1v) is 7.83. The zero-order valence-corrected chi connectivity index (χ0v) is 14.5. The Bertz CT molecular complexity index is 637. The summed E-state index contributed by atoms with van der Waals surface area (Å²) in [5.41, 5.74) is 4.67. The summed E-state index contributed by atoms with van der Waals surface area (Å²) >= 11 is 15.8. The van der Waals surface area contributed by atoms with Crippen molar-refractivity contribution in [3.8, 4) is 5.75 Å². The predicted molar refractivity (Wildman–Crippen MR) is 90.9 cm³/mol. The number of rotatable bonds is 5. The molecule has 2 aromatic rings. The van der Waals surface area contributed by atoms with Crippen molar-refractivity contribution in [3.05, 3.63) is 62.0 Å². The molecule has 0 heterocycles. The molecular formula is C15H15BrCl2N2O. The van der Waals surface area contributed by atoms with Gasteiger partial charge in [0.05, 0.1) is 13.2 Å². The Morgan fingerprint density at radius 3 is 2.67 bits per heavy atom. The van der Waals surface area contributed by atoms with E-state index in [1.807, 2.05) is 24.3 Å². The standard InChI is InChI=1S/C15H15BrCl2N2O/c1-21-15-5-2-10(16)6-9(15)7-14(20-19)12-8-11(17)3-4-13(12)18/h2-6,8,14,20H,7,19H2,1H3. The highest BCUT2D eigenvalue weighted by atomic mass is 79.9. The zero-order chi connectivity index (χ0) is 15.4. The van der Waals surface area contributed by atoms with E-state index in [0.29, 0.717) is 16.5 Å². The van der Waals surface area contributed by atoms with Gasteiger partial charge in [-0.3, -0.25) is 11.3 Å². The van der Waals surface area contributed by atoms with Gasteiger partial charge in [0.2, 0.25) is 0 Å². The first-order valence-electron chi connectivity index (χ1n) is 6.28. The topological polar surface area (TPSA) is 47.3 Å². The fourth-order valence-corrected chi connectivity index (χ4v) is 3.01. The Balaban J connectivity index is 2.35. The number of nitrogens with one attached hydrogen (secondary N) is 1. The van der Waals surface area contributed by atoms with E-state index < -0.39 is 0 Å². The van der Waals surface area contributed by atoms with Crippen LogP contribution in [0.15, 0.2) is 40.9 Å². The maximum Gasteiger partial charge on any atom is 0.122 e. The Morgan fingerprint density at radius 2 is 2.00 bits per heavy atom. The Hall–Kier alpha value is -0.780. The predicted octanol–water partition coefficient (Wildman–Crippen LogP) is 4.51. The minimum atomic E-state index is -0.167. The number of benzene rings is 2. The molecule has 6 heteroatoms. The summed E-state index contributed by atoms with van der Waals surface area (Å²) in [5.74, 6) is 6.50. The van der Waals surface area contributed by atoms with Crippen molar-refractivity contribution >= 4 is 39.1 Å². The van der Waals surface area contributed by atoms with Crippen molar-refractivity contribution in [2.75, 3.05) is 7.11 Å². The third kappa shape index (κ3) is 4.11. The first kappa shape index (κ1) is 16.6. The van der Waals surface area contributed by atoms with Gasteiger partial charge in [-0.1, -0.05) is 39.1 Å². The fourth-order valence-electron chi connectivity index (χ4n) is 2.17. The van der Waals surface area contributed by atoms with E-state index in [-0.39, 0.29) is 6.04 Å². The van der Waals surface area contributed by atoms with Crippen molar-refractivity contribution in [1.82, 2.24) is 5.43 Å². The summed E-state index contributed by atoms with van der Waals surface area (Å²) in [6.07, 6.45) is 0.624. The molecular weight excluding hydrogens is 375 g/mol. The van der Waals surface area contributed by atoms with Crippen molar-refractivity contribution in [3.63, 3.8) is 0 Å². The highest BCUT2D eigenvalue weighted by molar-refractivity contribution is 9.10. The molecule has 0 aliphatic rings. The van der Waals surface area contributed by atoms with Crippen molar-refractivity contribution in [2.24, 2.45) is 5.84 Å². The Morgan fingerprint density at radius 1 is 1.24 bits per heavy atom. The third-order valence-corrected chi connectivity index (χ3v) is 4.27. The molecule has 0 amide bonds. The lowest BCUT2D eigenvalue weighted by molar-refractivity contribution is 0.405. The number of hydrazine groups is 1. The van der Waals surface area contributed by atoms with Gasteiger partial charge in [0, 0.05) is 14.5 Å². The lowest BCUT2D eigenvalue weighted by Gasteiger charge is -2.19. The molecule has 0 spiro atoms. The minimum absolute atomic E-state index is 0.167. The average Bonchev–Trinajstić information content (AvgIpc) is 2.47. The van der Waals surface area contributed by atoms with Crippen LogP contribution in [0.2, 0.25) is 10.0 Å². The summed E-state index contributed by atoms with van der Waals surface area (Å²) in [7, 11) is 1.64. The Labute approximate surface area is 142 Å². The van der Waals surface area contributed by atoms with Crippen LogP contribution >= 0.6 is 39.1 Å². The molecule has 0 aliphatic carbocycles. The fraction of sp³-hybridized carbons (Fsp3) is 0.200. The molecule has 3 nitrogen and oxygen atoms in total. The summed E-state index contributed by atoms with van der Waals surface area (Å²) < 4.78 is 6.37. The van der Waals surface area contributed by atoms with Gasteiger partial charge in [-0.25, -0.2) is 0 Å². The highest BCUT2D eigenvalue weighted by Crippen LogP contribution is 2.31. The molecule has 1 unspecified atom stereocenters. The monoisotopic (exact) mass is 388 g/mol. The van der Waals surface area contributed by atoms with E-state index in [0.717, 1.165) is 21.3 Å². The summed E-state index contributed by atoms with van der Waals surface area (Å²) in [6, 6.07) is 11.0. The number of halogens is 3. The smallest absolute Gasteiger partial charge is 0.122 e.